The van der Waals surface area contributed by atoms with Crippen molar-refractivity contribution >= 4 is 11.8 Å². The zero-order chi connectivity index (χ0) is 12.4. The van der Waals surface area contributed by atoms with E-state index in [0.29, 0.717) is 11.5 Å². The molecule has 2 rings (SSSR count). The standard InChI is InChI=1S/C12H19N3O2/c1-15-10(13)7-9(14-15)11(12(16)17)8-5-3-2-4-6-8/h7-8,11H,2-6,13H2,1H3,(H,16,17). The molecule has 1 aliphatic carbocycles. The van der Waals surface area contributed by atoms with E-state index in [1.54, 1.807) is 13.1 Å². The van der Waals surface area contributed by atoms with Crippen LogP contribution in [-0.4, -0.2) is 20.9 Å². The Morgan fingerprint density at radius 3 is 2.65 bits per heavy atom. The molecule has 17 heavy (non-hydrogen) atoms. The molecule has 1 unspecified atom stereocenters. The van der Waals surface area contributed by atoms with E-state index in [-0.39, 0.29) is 5.92 Å². The van der Waals surface area contributed by atoms with Gasteiger partial charge in [0.2, 0.25) is 0 Å². The molecule has 0 amide bonds. The third-order valence-corrected chi connectivity index (χ3v) is 3.64. The van der Waals surface area contributed by atoms with Crippen LogP contribution in [0.2, 0.25) is 0 Å². The van der Waals surface area contributed by atoms with Crippen molar-refractivity contribution in [2.24, 2.45) is 13.0 Å². The van der Waals surface area contributed by atoms with Crippen LogP contribution in [0.15, 0.2) is 6.07 Å². The Morgan fingerprint density at radius 1 is 1.53 bits per heavy atom. The first-order valence-electron chi connectivity index (χ1n) is 6.12. The molecule has 0 radical (unpaired) electrons. The van der Waals surface area contributed by atoms with E-state index in [2.05, 4.69) is 5.10 Å². The Balaban J connectivity index is 2.24. The number of rotatable bonds is 3. The smallest absolute Gasteiger partial charge is 0.312 e. The van der Waals surface area contributed by atoms with Gasteiger partial charge in [-0.15, -0.1) is 0 Å². The number of nitrogens with zero attached hydrogens (tertiary/aromatic N) is 2. The van der Waals surface area contributed by atoms with Crippen LogP contribution in [0.3, 0.4) is 0 Å². The highest BCUT2D eigenvalue weighted by Crippen LogP contribution is 2.36. The summed E-state index contributed by atoms with van der Waals surface area (Å²) < 4.78 is 1.54. The molecular weight excluding hydrogens is 218 g/mol. The molecule has 1 atom stereocenters. The third-order valence-electron chi connectivity index (χ3n) is 3.64. The minimum atomic E-state index is -0.782. The van der Waals surface area contributed by atoms with Crippen molar-refractivity contribution in [3.8, 4) is 0 Å². The number of carbonyl (C=O) groups is 1. The fraction of sp³-hybridized carbons (Fsp3) is 0.667. The lowest BCUT2D eigenvalue weighted by atomic mass is 9.78. The summed E-state index contributed by atoms with van der Waals surface area (Å²) >= 11 is 0. The SMILES string of the molecule is Cn1nc(C(C(=O)O)C2CCCCC2)cc1N. The number of nitrogens with two attached hydrogens (primary N) is 1. The van der Waals surface area contributed by atoms with E-state index in [4.69, 9.17) is 5.73 Å². The van der Waals surface area contributed by atoms with Crippen LogP contribution in [-0.2, 0) is 11.8 Å². The van der Waals surface area contributed by atoms with Gasteiger partial charge in [-0.05, 0) is 18.8 Å². The summed E-state index contributed by atoms with van der Waals surface area (Å²) in [7, 11) is 1.73. The van der Waals surface area contributed by atoms with E-state index in [1.807, 2.05) is 0 Å². The molecule has 1 aliphatic rings. The second-order valence-electron chi connectivity index (χ2n) is 4.83. The first kappa shape index (κ1) is 12.0. The normalized spacial score (nSPS) is 19.1. The Morgan fingerprint density at radius 2 is 2.18 bits per heavy atom. The van der Waals surface area contributed by atoms with Crippen LogP contribution in [0.4, 0.5) is 5.82 Å². The molecule has 1 saturated carbocycles. The lowest BCUT2D eigenvalue weighted by molar-refractivity contribution is -0.140. The zero-order valence-electron chi connectivity index (χ0n) is 10.1. The van der Waals surface area contributed by atoms with Gasteiger partial charge >= 0.3 is 5.97 Å². The average molecular weight is 237 g/mol. The minimum Gasteiger partial charge on any atom is -0.481 e. The third kappa shape index (κ3) is 2.43. The first-order chi connectivity index (χ1) is 8.09. The number of carboxylic acids is 1. The number of aliphatic carboxylic acids is 1. The van der Waals surface area contributed by atoms with Crippen LogP contribution < -0.4 is 5.73 Å². The van der Waals surface area contributed by atoms with Gasteiger partial charge in [-0.25, -0.2) is 0 Å². The van der Waals surface area contributed by atoms with Gasteiger partial charge < -0.3 is 10.8 Å². The molecule has 5 heteroatoms. The molecule has 0 saturated heterocycles. The molecule has 0 aromatic carbocycles. The highest BCUT2D eigenvalue weighted by Gasteiger charge is 2.32. The van der Waals surface area contributed by atoms with Crippen LogP contribution in [0.5, 0.6) is 0 Å². The van der Waals surface area contributed by atoms with Gasteiger partial charge in [-0.1, -0.05) is 19.3 Å². The maximum atomic E-state index is 11.4. The number of aromatic nitrogens is 2. The molecule has 1 aromatic rings. The van der Waals surface area contributed by atoms with Crippen LogP contribution in [0, 0.1) is 5.92 Å². The Bertz CT molecular complexity index is 388. The Labute approximate surface area is 101 Å². The fourth-order valence-corrected chi connectivity index (χ4v) is 2.69. The van der Waals surface area contributed by atoms with E-state index < -0.39 is 11.9 Å². The van der Waals surface area contributed by atoms with Crippen molar-refractivity contribution < 1.29 is 9.90 Å². The van der Waals surface area contributed by atoms with Crippen molar-refractivity contribution in [2.45, 2.75) is 38.0 Å². The predicted octanol–water partition coefficient (Wildman–Crippen LogP) is 1.75. The topological polar surface area (TPSA) is 81.1 Å². The van der Waals surface area contributed by atoms with Crippen molar-refractivity contribution in [1.82, 2.24) is 9.78 Å². The molecule has 1 heterocycles. The van der Waals surface area contributed by atoms with Crippen molar-refractivity contribution in [1.29, 1.82) is 0 Å². The summed E-state index contributed by atoms with van der Waals surface area (Å²) in [5.41, 5.74) is 6.32. The number of aryl methyl sites for hydroxylation is 1. The van der Waals surface area contributed by atoms with Crippen molar-refractivity contribution in [2.75, 3.05) is 5.73 Å². The van der Waals surface area contributed by atoms with Crippen molar-refractivity contribution in [3.63, 3.8) is 0 Å². The Kier molecular flexibility index (Phi) is 3.36. The minimum absolute atomic E-state index is 0.204. The molecule has 1 fully saturated rings. The van der Waals surface area contributed by atoms with Crippen molar-refractivity contribution in [3.05, 3.63) is 11.8 Å². The molecule has 3 N–H and O–H groups in total. The molecule has 0 spiro atoms. The summed E-state index contributed by atoms with van der Waals surface area (Å²) in [6.07, 6.45) is 5.42. The van der Waals surface area contributed by atoms with Gasteiger partial charge in [0, 0.05) is 13.1 Å². The number of nitrogen functional groups attached to an aromatic ring is 1. The number of hydrogen-bond acceptors (Lipinski definition) is 3. The maximum absolute atomic E-state index is 11.4. The van der Waals surface area contributed by atoms with E-state index >= 15 is 0 Å². The fourth-order valence-electron chi connectivity index (χ4n) is 2.69. The second-order valence-corrected chi connectivity index (χ2v) is 4.83. The van der Waals surface area contributed by atoms with Crippen LogP contribution in [0.25, 0.3) is 0 Å². The summed E-state index contributed by atoms with van der Waals surface area (Å²) in [6.45, 7) is 0. The van der Waals surface area contributed by atoms with Gasteiger partial charge in [0.25, 0.3) is 0 Å². The van der Waals surface area contributed by atoms with Gasteiger partial charge in [0.05, 0.1) is 5.69 Å². The van der Waals surface area contributed by atoms with Gasteiger partial charge in [0.15, 0.2) is 0 Å². The lowest BCUT2D eigenvalue weighted by Crippen LogP contribution is -2.24. The maximum Gasteiger partial charge on any atom is 0.312 e. The first-order valence-corrected chi connectivity index (χ1v) is 6.12. The van der Waals surface area contributed by atoms with Gasteiger partial charge in [-0.3, -0.25) is 9.48 Å². The lowest BCUT2D eigenvalue weighted by Gasteiger charge is -2.26. The molecule has 0 bridgehead atoms. The van der Waals surface area contributed by atoms with E-state index in [9.17, 15) is 9.90 Å². The number of anilines is 1. The highest BCUT2D eigenvalue weighted by molar-refractivity contribution is 5.76. The average Bonchev–Trinajstić information content (AvgIpc) is 2.60. The van der Waals surface area contributed by atoms with Gasteiger partial charge in [-0.2, -0.15) is 5.10 Å². The molecule has 94 valence electrons. The van der Waals surface area contributed by atoms with Crippen LogP contribution in [0.1, 0.15) is 43.7 Å². The summed E-state index contributed by atoms with van der Waals surface area (Å²) in [4.78, 5) is 11.4. The molecule has 0 aliphatic heterocycles. The summed E-state index contributed by atoms with van der Waals surface area (Å²) in [6, 6.07) is 1.69. The largest absolute Gasteiger partial charge is 0.481 e. The quantitative estimate of drug-likeness (QED) is 0.839. The monoisotopic (exact) mass is 237 g/mol. The molecular formula is C12H19N3O2. The second kappa shape index (κ2) is 4.77. The number of hydrogen-bond donors (Lipinski definition) is 2. The highest BCUT2D eigenvalue weighted by atomic mass is 16.4. The van der Waals surface area contributed by atoms with E-state index in [1.165, 1.54) is 11.1 Å². The summed E-state index contributed by atoms with van der Waals surface area (Å²) in [5, 5.41) is 13.6. The Hall–Kier alpha value is -1.52. The zero-order valence-corrected chi connectivity index (χ0v) is 10.1. The molecule has 5 nitrogen and oxygen atoms in total. The summed E-state index contributed by atoms with van der Waals surface area (Å²) in [5.74, 6) is -0.564. The predicted molar refractivity (Wildman–Crippen MR) is 64.6 cm³/mol. The molecule has 1 aromatic heterocycles. The number of carboxylic acid groups (broad SMARTS) is 1. The van der Waals surface area contributed by atoms with Gasteiger partial charge in [0.1, 0.15) is 11.7 Å². The van der Waals surface area contributed by atoms with E-state index in [0.717, 1.165) is 25.7 Å². The van der Waals surface area contributed by atoms with Crippen LogP contribution >= 0.6 is 0 Å².